The van der Waals surface area contributed by atoms with Crippen molar-refractivity contribution >= 4 is 11.7 Å². The fraction of sp³-hybridized carbons (Fsp3) is 0.400. The molecule has 1 heterocycles. The highest BCUT2D eigenvalue weighted by molar-refractivity contribution is 5.85. The van der Waals surface area contributed by atoms with Gasteiger partial charge in [0, 0.05) is 6.54 Å². The summed E-state index contributed by atoms with van der Waals surface area (Å²) >= 11 is 0. The van der Waals surface area contributed by atoms with Crippen LogP contribution >= 0.6 is 0 Å². The molecule has 0 aliphatic carbocycles. The van der Waals surface area contributed by atoms with Crippen LogP contribution in [0.1, 0.15) is 16.9 Å². The summed E-state index contributed by atoms with van der Waals surface area (Å²) < 4.78 is 0. The quantitative estimate of drug-likeness (QED) is 0.604. The van der Waals surface area contributed by atoms with Crippen molar-refractivity contribution in [2.24, 2.45) is 0 Å². The number of anilines is 1. The number of aromatic carboxylic acids is 1. The van der Waals surface area contributed by atoms with Crippen LogP contribution in [0, 0.1) is 0 Å². The Kier molecular flexibility index (Phi) is 4.56. The number of nitrogens with one attached hydrogen (secondary N) is 2. The Morgan fingerprint density at radius 2 is 2.27 bits per heavy atom. The minimum Gasteiger partial charge on any atom is -0.477 e. The Bertz CT molecular complexity index is 311. The van der Waals surface area contributed by atoms with Crippen molar-refractivity contribution in [1.82, 2.24) is 10.3 Å². The van der Waals surface area contributed by atoms with Crippen molar-refractivity contribution in [1.29, 1.82) is 0 Å². The second-order valence-corrected chi connectivity index (χ2v) is 3.12. The molecule has 0 aliphatic heterocycles. The molecule has 3 N–H and O–H groups in total. The highest BCUT2D eigenvalue weighted by Crippen LogP contribution is 2.05. The molecule has 15 heavy (non-hydrogen) atoms. The number of hydrogen-bond acceptors (Lipinski definition) is 4. The summed E-state index contributed by atoms with van der Waals surface area (Å²) in [6, 6.07) is 3.21. The maximum atomic E-state index is 10.5. The molecular formula is C10H15N3O2. The molecule has 0 saturated carbocycles. The van der Waals surface area contributed by atoms with E-state index in [-0.39, 0.29) is 5.69 Å². The number of nitrogens with zero attached hydrogens (tertiary/aromatic N) is 1. The second kappa shape index (κ2) is 5.98. The van der Waals surface area contributed by atoms with Gasteiger partial charge in [0.15, 0.2) is 0 Å². The van der Waals surface area contributed by atoms with Crippen molar-refractivity contribution in [2.45, 2.75) is 6.42 Å². The minimum atomic E-state index is -1.00. The van der Waals surface area contributed by atoms with Crippen molar-refractivity contribution in [3.8, 4) is 0 Å². The lowest BCUT2D eigenvalue weighted by atomic mass is 10.3. The Morgan fingerprint density at radius 1 is 1.47 bits per heavy atom. The van der Waals surface area contributed by atoms with Crippen LogP contribution in [0.5, 0.6) is 0 Å². The maximum absolute atomic E-state index is 10.5. The average Bonchev–Trinajstić information content (AvgIpc) is 2.25. The van der Waals surface area contributed by atoms with Gasteiger partial charge in [0.1, 0.15) is 5.69 Å². The minimum absolute atomic E-state index is 0.0655. The summed E-state index contributed by atoms with van der Waals surface area (Å²) in [6.07, 6.45) is 2.54. The SMILES string of the molecule is CNCCCNc1ccc(C(=O)O)nc1. The van der Waals surface area contributed by atoms with Crippen LogP contribution in [0.4, 0.5) is 5.69 Å². The van der Waals surface area contributed by atoms with Crippen LogP contribution in [0.25, 0.3) is 0 Å². The van der Waals surface area contributed by atoms with Gasteiger partial charge in [-0.2, -0.15) is 0 Å². The maximum Gasteiger partial charge on any atom is 0.354 e. The first-order valence-electron chi connectivity index (χ1n) is 4.82. The Balaban J connectivity index is 2.39. The van der Waals surface area contributed by atoms with Gasteiger partial charge in [0.05, 0.1) is 11.9 Å². The standard InChI is InChI=1S/C10H15N3O2/c1-11-5-2-6-12-8-3-4-9(10(14)15)13-7-8/h3-4,7,11-12H,2,5-6H2,1H3,(H,14,15). The lowest BCUT2D eigenvalue weighted by molar-refractivity contribution is 0.0690. The highest BCUT2D eigenvalue weighted by Gasteiger charge is 2.02. The van der Waals surface area contributed by atoms with E-state index >= 15 is 0 Å². The Hall–Kier alpha value is -1.62. The number of carboxylic acids is 1. The number of carboxylic acid groups (broad SMARTS) is 1. The van der Waals surface area contributed by atoms with E-state index in [2.05, 4.69) is 15.6 Å². The van der Waals surface area contributed by atoms with E-state index in [4.69, 9.17) is 5.11 Å². The van der Waals surface area contributed by atoms with E-state index in [0.717, 1.165) is 25.2 Å². The molecule has 0 bridgehead atoms. The van der Waals surface area contributed by atoms with Crippen molar-refractivity contribution in [3.63, 3.8) is 0 Å². The summed E-state index contributed by atoms with van der Waals surface area (Å²) in [5, 5.41) is 14.8. The molecule has 5 heteroatoms. The normalized spacial score (nSPS) is 9.93. The first-order valence-corrected chi connectivity index (χ1v) is 4.82. The molecule has 82 valence electrons. The number of hydrogen-bond donors (Lipinski definition) is 3. The molecule has 0 aromatic carbocycles. The van der Waals surface area contributed by atoms with Gasteiger partial charge in [0.25, 0.3) is 0 Å². The van der Waals surface area contributed by atoms with Crippen LogP contribution in [-0.4, -0.2) is 36.2 Å². The van der Waals surface area contributed by atoms with Crippen LogP contribution in [0.2, 0.25) is 0 Å². The van der Waals surface area contributed by atoms with Crippen LogP contribution in [0.3, 0.4) is 0 Å². The van der Waals surface area contributed by atoms with Crippen LogP contribution in [0.15, 0.2) is 18.3 Å². The zero-order chi connectivity index (χ0) is 11.1. The Labute approximate surface area is 88.5 Å². The highest BCUT2D eigenvalue weighted by atomic mass is 16.4. The largest absolute Gasteiger partial charge is 0.477 e. The number of carbonyl (C=O) groups is 1. The van der Waals surface area contributed by atoms with Crippen molar-refractivity contribution in [3.05, 3.63) is 24.0 Å². The summed E-state index contributed by atoms with van der Waals surface area (Å²) in [4.78, 5) is 14.3. The molecule has 0 atom stereocenters. The summed E-state index contributed by atoms with van der Waals surface area (Å²) in [5.74, 6) is -1.00. The summed E-state index contributed by atoms with van der Waals surface area (Å²) in [7, 11) is 1.91. The topological polar surface area (TPSA) is 74.2 Å². The van der Waals surface area contributed by atoms with E-state index in [1.807, 2.05) is 7.05 Å². The molecular weight excluding hydrogens is 194 g/mol. The first kappa shape index (κ1) is 11.5. The van der Waals surface area contributed by atoms with Crippen molar-refractivity contribution in [2.75, 3.05) is 25.5 Å². The number of aromatic nitrogens is 1. The summed E-state index contributed by atoms with van der Waals surface area (Å²) in [6.45, 7) is 1.79. The van der Waals surface area contributed by atoms with Gasteiger partial charge in [-0.25, -0.2) is 9.78 Å². The van der Waals surface area contributed by atoms with Crippen LogP contribution < -0.4 is 10.6 Å². The van der Waals surface area contributed by atoms with Gasteiger partial charge >= 0.3 is 5.97 Å². The predicted octanol–water partition coefficient (Wildman–Crippen LogP) is 0.801. The van der Waals surface area contributed by atoms with Gasteiger partial charge in [-0.3, -0.25) is 0 Å². The fourth-order valence-electron chi connectivity index (χ4n) is 1.12. The molecule has 0 fully saturated rings. The number of pyridine rings is 1. The van der Waals surface area contributed by atoms with E-state index in [0.29, 0.717) is 0 Å². The van der Waals surface area contributed by atoms with Gasteiger partial charge in [0.2, 0.25) is 0 Å². The molecule has 1 aromatic heterocycles. The Morgan fingerprint density at radius 3 is 2.80 bits per heavy atom. The smallest absolute Gasteiger partial charge is 0.354 e. The molecule has 0 spiro atoms. The molecule has 1 aromatic rings. The molecule has 0 amide bonds. The first-order chi connectivity index (χ1) is 7.24. The third-order valence-electron chi connectivity index (χ3n) is 1.92. The lowest BCUT2D eigenvalue weighted by Gasteiger charge is -2.05. The van der Waals surface area contributed by atoms with Crippen molar-refractivity contribution < 1.29 is 9.90 Å². The van der Waals surface area contributed by atoms with E-state index in [9.17, 15) is 4.79 Å². The van der Waals surface area contributed by atoms with E-state index < -0.39 is 5.97 Å². The molecule has 0 radical (unpaired) electrons. The molecule has 0 aliphatic rings. The van der Waals surface area contributed by atoms with Gasteiger partial charge in [-0.15, -0.1) is 0 Å². The molecule has 5 nitrogen and oxygen atoms in total. The fourth-order valence-corrected chi connectivity index (χ4v) is 1.12. The van der Waals surface area contributed by atoms with Gasteiger partial charge < -0.3 is 15.7 Å². The third kappa shape index (κ3) is 3.95. The second-order valence-electron chi connectivity index (χ2n) is 3.12. The average molecular weight is 209 g/mol. The van der Waals surface area contributed by atoms with Gasteiger partial charge in [-0.05, 0) is 32.1 Å². The van der Waals surface area contributed by atoms with Gasteiger partial charge in [-0.1, -0.05) is 0 Å². The van der Waals surface area contributed by atoms with E-state index in [1.54, 1.807) is 6.07 Å². The number of rotatable bonds is 6. The zero-order valence-corrected chi connectivity index (χ0v) is 8.66. The third-order valence-corrected chi connectivity index (χ3v) is 1.92. The molecule has 1 rings (SSSR count). The predicted molar refractivity (Wildman–Crippen MR) is 58.2 cm³/mol. The van der Waals surface area contributed by atoms with E-state index in [1.165, 1.54) is 12.3 Å². The lowest BCUT2D eigenvalue weighted by Crippen LogP contribution is -2.13. The molecule has 0 saturated heterocycles. The molecule has 0 unspecified atom stereocenters. The van der Waals surface area contributed by atoms with Crippen LogP contribution in [-0.2, 0) is 0 Å². The monoisotopic (exact) mass is 209 g/mol. The summed E-state index contributed by atoms with van der Waals surface area (Å²) in [5.41, 5.74) is 0.909. The zero-order valence-electron chi connectivity index (χ0n) is 8.66.